The summed E-state index contributed by atoms with van der Waals surface area (Å²) in [5, 5.41) is 102. The van der Waals surface area contributed by atoms with Gasteiger partial charge in [-0.15, -0.1) is 0 Å². The van der Waals surface area contributed by atoms with E-state index in [0.29, 0.717) is 0 Å². The Labute approximate surface area is 229 Å². The molecule has 0 aliphatic carbocycles. The first-order valence-corrected chi connectivity index (χ1v) is 12.4. The Balaban J connectivity index is 1.68. The van der Waals surface area contributed by atoms with Gasteiger partial charge in [-0.3, -0.25) is 4.79 Å². The van der Waals surface area contributed by atoms with E-state index in [1.54, 1.807) is 0 Å². The van der Waals surface area contributed by atoms with Gasteiger partial charge in [0.15, 0.2) is 28.8 Å². The number of aliphatic hydroxyl groups is 6. The number of phenols is 4. The van der Waals surface area contributed by atoms with Crippen LogP contribution >= 0.6 is 0 Å². The van der Waals surface area contributed by atoms with Crippen molar-refractivity contribution in [3.05, 3.63) is 46.1 Å². The molecule has 2 aliphatic rings. The highest BCUT2D eigenvalue weighted by Gasteiger charge is 2.52. The van der Waals surface area contributed by atoms with E-state index in [1.807, 2.05) is 0 Å². The zero-order chi connectivity index (χ0) is 29.7. The Bertz CT molecular complexity index is 1490. The van der Waals surface area contributed by atoms with E-state index in [-0.39, 0.29) is 16.9 Å². The van der Waals surface area contributed by atoms with Gasteiger partial charge in [0.1, 0.15) is 71.5 Å². The Kier molecular flexibility index (Phi) is 7.82. The van der Waals surface area contributed by atoms with E-state index in [4.69, 9.17) is 18.6 Å². The number of ether oxygens (including phenoxy) is 3. The summed E-state index contributed by atoms with van der Waals surface area (Å²) in [6, 6.07) is 5.33. The number of phenolic OH excluding ortho intramolecular Hbond substituents is 4. The maximum absolute atomic E-state index is 13.1. The van der Waals surface area contributed by atoms with Crippen molar-refractivity contribution in [3.8, 4) is 34.3 Å². The van der Waals surface area contributed by atoms with Gasteiger partial charge in [-0.1, -0.05) is 0 Å². The van der Waals surface area contributed by atoms with Crippen LogP contribution in [-0.2, 0) is 14.2 Å². The largest absolute Gasteiger partial charge is 0.507 e. The molecule has 0 radical (unpaired) electrons. The lowest BCUT2D eigenvalue weighted by Gasteiger charge is -2.43. The molecule has 15 heteroatoms. The second-order valence-corrected chi connectivity index (χ2v) is 9.78. The van der Waals surface area contributed by atoms with Crippen LogP contribution in [0, 0.1) is 0 Å². The predicted molar refractivity (Wildman–Crippen MR) is 134 cm³/mol. The van der Waals surface area contributed by atoms with Crippen molar-refractivity contribution < 1.29 is 69.7 Å². The molecule has 222 valence electrons. The standard InChI is InChI=1S/C26H28O15/c27-6-15-19(34)21(36)25(41-26-22(37)20(35)16(7-28)40-26)24(39-15)18-12(32)4-11(31)17-13(33)5-14(38-23(17)18)8-1-2-9(29)10(30)3-8/h1-5,15-16,19-22,24-32,34-37H,6-7H2. The van der Waals surface area contributed by atoms with Gasteiger partial charge in [0.2, 0.25) is 0 Å². The molecule has 0 saturated carbocycles. The van der Waals surface area contributed by atoms with Crippen molar-refractivity contribution in [2.75, 3.05) is 13.2 Å². The second-order valence-electron chi connectivity index (χ2n) is 9.78. The molecule has 15 nitrogen and oxygen atoms in total. The topological polar surface area (TPSA) is 260 Å². The van der Waals surface area contributed by atoms with Crippen LogP contribution in [0.3, 0.4) is 0 Å². The summed E-state index contributed by atoms with van der Waals surface area (Å²) < 4.78 is 22.7. The average molecular weight is 580 g/mol. The first-order valence-electron chi connectivity index (χ1n) is 12.4. The Morgan fingerprint density at radius 3 is 2.02 bits per heavy atom. The first-order chi connectivity index (χ1) is 19.5. The maximum Gasteiger partial charge on any atom is 0.197 e. The molecule has 0 amide bonds. The maximum atomic E-state index is 13.1. The second kappa shape index (κ2) is 11.1. The van der Waals surface area contributed by atoms with Crippen LogP contribution in [0.2, 0.25) is 0 Å². The van der Waals surface area contributed by atoms with Crippen molar-refractivity contribution in [1.82, 2.24) is 0 Å². The predicted octanol–water partition coefficient (Wildman–Crippen LogP) is -1.74. The van der Waals surface area contributed by atoms with Gasteiger partial charge in [-0.2, -0.15) is 0 Å². The minimum atomic E-state index is -1.88. The number of aliphatic hydroxyl groups excluding tert-OH is 6. The van der Waals surface area contributed by atoms with E-state index in [1.165, 1.54) is 6.07 Å². The first kappa shape index (κ1) is 29.0. The summed E-state index contributed by atoms with van der Waals surface area (Å²) in [4.78, 5) is 13.1. The molecular formula is C26H28O15. The van der Waals surface area contributed by atoms with Gasteiger partial charge in [0.25, 0.3) is 0 Å². The van der Waals surface area contributed by atoms with Crippen LogP contribution in [0.4, 0.5) is 0 Å². The van der Waals surface area contributed by atoms with Crippen LogP contribution in [0.1, 0.15) is 11.7 Å². The molecule has 3 aromatic rings. The van der Waals surface area contributed by atoms with Gasteiger partial charge in [-0.05, 0) is 18.2 Å². The van der Waals surface area contributed by atoms with E-state index in [9.17, 15) is 55.9 Å². The van der Waals surface area contributed by atoms with E-state index < -0.39 is 108 Å². The van der Waals surface area contributed by atoms with Gasteiger partial charge >= 0.3 is 0 Å². The fraction of sp³-hybridized carbons (Fsp3) is 0.423. The zero-order valence-electron chi connectivity index (χ0n) is 21.0. The van der Waals surface area contributed by atoms with Crippen LogP contribution in [0.5, 0.6) is 23.0 Å². The summed E-state index contributed by atoms with van der Waals surface area (Å²) in [5.74, 6) is -2.57. The Morgan fingerprint density at radius 1 is 0.732 bits per heavy atom. The van der Waals surface area contributed by atoms with Gasteiger partial charge < -0.3 is 69.7 Å². The Morgan fingerprint density at radius 2 is 1.39 bits per heavy atom. The van der Waals surface area contributed by atoms with Crippen LogP contribution in [0.25, 0.3) is 22.3 Å². The summed E-state index contributed by atoms with van der Waals surface area (Å²) in [7, 11) is 0. The lowest BCUT2D eigenvalue weighted by atomic mass is 9.89. The van der Waals surface area contributed by atoms with Crippen molar-refractivity contribution >= 4 is 11.0 Å². The minimum absolute atomic E-state index is 0.112. The number of aromatic hydroxyl groups is 4. The molecule has 2 saturated heterocycles. The van der Waals surface area contributed by atoms with Crippen LogP contribution in [0.15, 0.2) is 39.5 Å². The highest BCUT2D eigenvalue weighted by atomic mass is 16.7. The van der Waals surface area contributed by atoms with Crippen molar-refractivity contribution in [2.24, 2.45) is 0 Å². The fourth-order valence-electron chi connectivity index (χ4n) is 5.02. The molecule has 1 aromatic heterocycles. The SMILES string of the molecule is O=c1cc(-c2ccc(O)c(O)c2)oc2c(C3OC(CO)C(O)C(O)C3OC3OC(CO)C(O)C3O)c(O)cc(O)c12. The molecule has 9 unspecified atom stereocenters. The van der Waals surface area contributed by atoms with Crippen LogP contribution in [-0.4, -0.2) is 113 Å². The third kappa shape index (κ3) is 4.97. The van der Waals surface area contributed by atoms with Gasteiger partial charge in [0.05, 0.1) is 18.8 Å². The molecule has 0 spiro atoms. The number of rotatable bonds is 6. The molecule has 9 atom stereocenters. The number of hydrogen-bond acceptors (Lipinski definition) is 15. The summed E-state index contributed by atoms with van der Waals surface area (Å²) in [6.45, 7) is -1.50. The molecule has 2 aromatic carbocycles. The fourth-order valence-corrected chi connectivity index (χ4v) is 5.02. The van der Waals surface area contributed by atoms with Gasteiger partial charge in [0, 0.05) is 17.7 Å². The summed E-state index contributed by atoms with van der Waals surface area (Å²) in [5.41, 5.74) is -1.53. The highest BCUT2D eigenvalue weighted by Crippen LogP contribution is 2.45. The monoisotopic (exact) mass is 580 g/mol. The minimum Gasteiger partial charge on any atom is -0.507 e. The average Bonchev–Trinajstić information content (AvgIpc) is 3.21. The molecule has 5 rings (SSSR count). The number of benzene rings is 2. The van der Waals surface area contributed by atoms with Crippen molar-refractivity contribution in [1.29, 1.82) is 0 Å². The zero-order valence-corrected chi connectivity index (χ0v) is 21.0. The van der Waals surface area contributed by atoms with E-state index >= 15 is 0 Å². The van der Waals surface area contributed by atoms with E-state index in [0.717, 1.165) is 24.3 Å². The molecule has 10 N–H and O–H groups in total. The van der Waals surface area contributed by atoms with Gasteiger partial charge in [-0.25, -0.2) is 0 Å². The summed E-state index contributed by atoms with van der Waals surface area (Å²) in [6.07, 6.45) is -14.7. The quantitative estimate of drug-likeness (QED) is 0.145. The normalized spacial score (nSPS) is 32.0. The Hall–Kier alpha value is -3.51. The van der Waals surface area contributed by atoms with Crippen LogP contribution < -0.4 is 5.43 Å². The number of fused-ring (bicyclic) bond motifs is 1. The summed E-state index contributed by atoms with van der Waals surface area (Å²) >= 11 is 0. The molecule has 41 heavy (non-hydrogen) atoms. The molecule has 2 aliphatic heterocycles. The van der Waals surface area contributed by atoms with E-state index in [2.05, 4.69) is 0 Å². The molecule has 3 heterocycles. The smallest absolute Gasteiger partial charge is 0.197 e. The molecule has 2 fully saturated rings. The molecular weight excluding hydrogens is 552 g/mol. The van der Waals surface area contributed by atoms with Crippen molar-refractivity contribution in [3.63, 3.8) is 0 Å². The third-order valence-electron chi connectivity index (χ3n) is 7.20. The highest BCUT2D eigenvalue weighted by molar-refractivity contribution is 5.89. The third-order valence-corrected chi connectivity index (χ3v) is 7.20. The lowest BCUT2D eigenvalue weighted by Crippen LogP contribution is -2.57. The number of hydrogen-bond donors (Lipinski definition) is 10. The van der Waals surface area contributed by atoms with Crippen molar-refractivity contribution in [2.45, 2.75) is 55.1 Å². The lowest BCUT2D eigenvalue weighted by molar-refractivity contribution is -0.289. The molecule has 0 bridgehead atoms.